The van der Waals surface area contributed by atoms with E-state index in [0.717, 1.165) is 21.7 Å². The molecule has 0 saturated heterocycles. The summed E-state index contributed by atoms with van der Waals surface area (Å²) in [7, 11) is -4.42. The van der Waals surface area contributed by atoms with Crippen LogP contribution in [0.1, 0.15) is 5.56 Å². The molecule has 28 heavy (non-hydrogen) atoms. The molecule has 6 nitrogen and oxygen atoms in total. The van der Waals surface area contributed by atoms with Gasteiger partial charge in [-0.05, 0) is 29.6 Å². The van der Waals surface area contributed by atoms with Gasteiger partial charge in [-0.1, -0.05) is 18.2 Å². The van der Waals surface area contributed by atoms with Crippen LogP contribution in [-0.4, -0.2) is 24.7 Å². The van der Waals surface area contributed by atoms with E-state index in [2.05, 4.69) is 9.82 Å². The number of hydrogen-bond acceptors (Lipinski definition) is 5. The molecule has 0 aliphatic rings. The first kappa shape index (κ1) is 20.2. The summed E-state index contributed by atoms with van der Waals surface area (Å²) in [6.07, 6.45) is -4.81. The number of thiophene rings is 1. The van der Waals surface area contributed by atoms with Gasteiger partial charge in [-0.3, -0.25) is 4.79 Å². The monoisotopic (exact) mass is 429 g/mol. The highest BCUT2D eigenvalue weighted by molar-refractivity contribution is 7.89. The van der Waals surface area contributed by atoms with Crippen LogP contribution in [0.5, 0.6) is 0 Å². The molecule has 11 heteroatoms. The standard InChI is InChI=1S/C17H14F3N3O3S2/c18-17(19,20)12-4-1-2-6-15(12)28(25,26)21-9-10-23-16(24)8-7-13(22-23)14-5-3-11-27-14/h1-8,11,21H,9-10H2. The van der Waals surface area contributed by atoms with Crippen molar-refractivity contribution in [3.8, 4) is 10.6 Å². The number of rotatable bonds is 6. The van der Waals surface area contributed by atoms with Crippen molar-refractivity contribution in [2.24, 2.45) is 0 Å². The number of nitrogens with zero attached hydrogens (tertiary/aromatic N) is 2. The number of sulfonamides is 1. The molecule has 0 amide bonds. The Morgan fingerprint density at radius 2 is 1.82 bits per heavy atom. The molecular formula is C17H14F3N3O3S2. The fourth-order valence-electron chi connectivity index (χ4n) is 2.46. The van der Waals surface area contributed by atoms with E-state index in [4.69, 9.17) is 0 Å². The Kier molecular flexibility index (Phi) is 5.68. The Hall–Kier alpha value is -2.50. The Balaban J connectivity index is 1.77. The van der Waals surface area contributed by atoms with Crippen LogP contribution in [0.15, 0.2) is 63.6 Å². The molecule has 148 valence electrons. The summed E-state index contributed by atoms with van der Waals surface area (Å²) in [5, 5.41) is 6.01. The Bertz CT molecular complexity index is 1120. The van der Waals surface area contributed by atoms with Crippen LogP contribution < -0.4 is 10.3 Å². The zero-order valence-electron chi connectivity index (χ0n) is 14.2. The van der Waals surface area contributed by atoms with Crippen molar-refractivity contribution in [3.05, 3.63) is 69.8 Å². The molecule has 1 aromatic carbocycles. The third kappa shape index (κ3) is 4.49. The van der Waals surface area contributed by atoms with Gasteiger partial charge in [0.2, 0.25) is 10.0 Å². The van der Waals surface area contributed by atoms with Crippen LogP contribution in [0.3, 0.4) is 0 Å². The molecule has 2 heterocycles. The Morgan fingerprint density at radius 3 is 2.50 bits per heavy atom. The first-order chi connectivity index (χ1) is 13.2. The lowest BCUT2D eigenvalue weighted by Gasteiger charge is -2.14. The SMILES string of the molecule is O=c1ccc(-c2cccs2)nn1CCNS(=O)(=O)c1ccccc1C(F)(F)F. The topological polar surface area (TPSA) is 81.1 Å². The second-order valence-corrected chi connectivity index (χ2v) is 8.33. The Morgan fingerprint density at radius 1 is 1.07 bits per heavy atom. The van der Waals surface area contributed by atoms with Crippen molar-refractivity contribution >= 4 is 21.4 Å². The fraction of sp³-hybridized carbons (Fsp3) is 0.176. The third-order valence-corrected chi connectivity index (χ3v) is 6.15. The van der Waals surface area contributed by atoms with Crippen LogP contribution in [0.4, 0.5) is 13.2 Å². The molecule has 0 bridgehead atoms. The van der Waals surface area contributed by atoms with E-state index in [1.165, 1.54) is 23.5 Å². The van der Waals surface area contributed by atoms with E-state index in [9.17, 15) is 26.4 Å². The Labute approximate surface area is 162 Å². The molecule has 3 rings (SSSR count). The van der Waals surface area contributed by atoms with Crippen molar-refractivity contribution in [1.29, 1.82) is 0 Å². The van der Waals surface area contributed by atoms with Gasteiger partial charge in [0.25, 0.3) is 5.56 Å². The summed E-state index contributed by atoms with van der Waals surface area (Å²) in [6, 6.07) is 10.4. The van der Waals surface area contributed by atoms with Gasteiger partial charge in [0.15, 0.2) is 0 Å². The van der Waals surface area contributed by atoms with Crippen LogP contribution in [0.2, 0.25) is 0 Å². The highest BCUT2D eigenvalue weighted by Gasteiger charge is 2.36. The molecule has 0 aliphatic carbocycles. The fourth-order valence-corrected chi connectivity index (χ4v) is 4.40. The predicted octanol–water partition coefficient (Wildman–Crippen LogP) is 2.97. The normalized spacial score (nSPS) is 12.2. The molecule has 1 N–H and O–H groups in total. The van der Waals surface area contributed by atoms with Gasteiger partial charge < -0.3 is 0 Å². The van der Waals surface area contributed by atoms with Gasteiger partial charge >= 0.3 is 6.18 Å². The van der Waals surface area contributed by atoms with Gasteiger partial charge in [-0.25, -0.2) is 17.8 Å². The maximum absolute atomic E-state index is 13.1. The van der Waals surface area contributed by atoms with Crippen LogP contribution in [0, 0.1) is 0 Å². The van der Waals surface area contributed by atoms with Crippen molar-refractivity contribution in [2.75, 3.05) is 6.54 Å². The quantitative estimate of drug-likeness (QED) is 0.653. The van der Waals surface area contributed by atoms with Gasteiger partial charge in [-0.15, -0.1) is 11.3 Å². The van der Waals surface area contributed by atoms with Crippen molar-refractivity contribution in [3.63, 3.8) is 0 Å². The number of alkyl halides is 3. The lowest BCUT2D eigenvalue weighted by atomic mass is 10.2. The summed E-state index contributed by atoms with van der Waals surface area (Å²) < 4.78 is 66.9. The summed E-state index contributed by atoms with van der Waals surface area (Å²) in [6.45, 7) is -0.430. The number of halogens is 3. The molecule has 3 aromatic rings. The highest BCUT2D eigenvalue weighted by atomic mass is 32.2. The third-order valence-electron chi connectivity index (χ3n) is 3.74. The average molecular weight is 429 g/mol. The smallest absolute Gasteiger partial charge is 0.268 e. The summed E-state index contributed by atoms with van der Waals surface area (Å²) in [5.41, 5.74) is -1.16. The number of aromatic nitrogens is 2. The second-order valence-electron chi connectivity index (χ2n) is 5.65. The average Bonchev–Trinajstić information content (AvgIpc) is 3.17. The molecule has 0 unspecified atom stereocenters. The minimum Gasteiger partial charge on any atom is -0.268 e. The molecule has 0 saturated carbocycles. The van der Waals surface area contributed by atoms with E-state index in [0.29, 0.717) is 11.8 Å². The summed E-state index contributed by atoms with van der Waals surface area (Å²) in [5.74, 6) is 0. The molecule has 0 aliphatic heterocycles. The van der Waals surface area contributed by atoms with E-state index >= 15 is 0 Å². The van der Waals surface area contributed by atoms with Crippen molar-refractivity contribution < 1.29 is 21.6 Å². The molecule has 0 fully saturated rings. The predicted molar refractivity (Wildman–Crippen MR) is 98.4 cm³/mol. The molecule has 2 aromatic heterocycles. The molecule has 0 spiro atoms. The first-order valence-corrected chi connectivity index (χ1v) is 10.3. The number of hydrogen-bond donors (Lipinski definition) is 1. The van der Waals surface area contributed by atoms with Crippen LogP contribution >= 0.6 is 11.3 Å². The van der Waals surface area contributed by atoms with Crippen molar-refractivity contribution in [2.45, 2.75) is 17.6 Å². The van der Waals surface area contributed by atoms with Gasteiger partial charge in [0.1, 0.15) is 5.69 Å². The minimum atomic E-state index is -4.81. The van der Waals surface area contributed by atoms with Crippen LogP contribution in [-0.2, 0) is 22.7 Å². The van der Waals surface area contributed by atoms with E-state index < -0.39 is 32.2 Å². The lowest BCUT2D eigenvalue weighted by Crippen LogP contribution is -2.32. The number of nitrogens with one attached hydrogen (secondary N) is 1. The van der Waals surface area contributed by atoms with Gasteiger partial charge in [0.05, 0.1) is 21.9 Å². The van der Waals surface area contributed by atoms with E-state index in [1.54, 1.807) is 6.07 Å². The zero-order valence-corrected chi connectivity index (χ0v) is 15.8. The number of benzene rings is 1. The maximum atomic E-state index is 13.1. The zero-order chi connectivity index (χ0) is 20.4. The van der Waals surface area contributed by atoms with Gasteiger partial charge in [0, 0.05) is 12.6 Å². The van der Waals surface area contributed by atoms with Crippen molar-refractivity contribution in [1.82, 2.24) is 14.5 Å². The van der Waals surface area contributed by atoms with Gasteiger partial charge in [-0.2, -0.15) is 18.3 Å². The maximum Gasteiger partial charge on any atom is 0.417 e. The van der Waals surface area contributed by atoms with E-state index in [1.807, 2.05) is 17.5 Å². The summed E-state index contributed by atoms with van der Waals surface area (Å²) in [4.78, 5) is 11.9. The summed E-state index contributed by atoms with van der Waals surface area (Å²) >= 11 is 1.42. The first-order valence-electron chi connectivity index (χ1n) is 7.96. The van der Waals surface area contributed by atoms with E-state index in [-0.39, 0.29) is 13.1 Å². The minimum absolute atomic E-state index is 0.133. The molecule has 0 atom stereocenters. The second kappa shape index (κ2) is 7.86. The largest absolute Gasteiger partial charge is 0.417 e. The molecular weight excluding hydrogens is 415 g/mol. The lowest BCUT2D eigenvalue weighted by molar-refractivity contribution is -0.139. The molecule has 0 radical (unpaired) electrons. The van der Waals surface area contributed by atoms with Crippen LogP contribution in [0.25, 0.3) is 10.6 Å². The highest BCUT2D eigenvalue weighted by Crippen LogP contribution is 2.33.